The second-order valence-corrected chi connectivity index (χ2v) is 7.51. The largest absolute Gasteiger partial charge is 0.398 e. The number of anilines is 2. The highest BCUT2D eigenvalue weighted by atomic mass is 127. The summed E-state index contributed by atoms with van der Waals surface area (Å²) in [5.74, 6) is 0. The van der Waals surface area contributed by atoms with Gasteiger partial charge in [-0.1, -0.05) is 29.3 Å². The lowest BCUT2D eigenvalue weighted by molar-refractivity contribution is 0.601. The van der Waals surface area contributed by atoms with Crippen molar-refractivity contribution >= 4 is 67.2 Å². The highest BCUT2D eigenvalue weighted by Crippen LogP contribution is 2.30. The molecule has 0 atom stereocenters. The Bertz CT molecular complexity index is 746. The minimum absolute atomic E-state index is 0.0708. The van der Waals surface area contributed by atoms with Gasteiger partial charge in [-0.15, -0.1) is 0 Å². The van der Waals surface area contributed by atoms with Crippen LogP contribution in [0.3, 0.4) is 0 Å². The number of nitrogens with two attached hydrogens (primary N) is 1. The third-order valence-electron chi connectivity index (χ3n) is 2.44. The Hall–Kier alpha value is -0.700. The molecule has 0 aromatic heterocycles. The summed E-state index contributed by atoms with van der Waals surface area (Å²) in [7, 11) is -3.86. The molecule has 0 unspecified atom stereocenters. The number of nitrogen functional groups attached to an aromatic ring is 1. The van der Waals surface area contributed by atoms with Crippen LogP contribution in [-0.2, 0) is 10.0 Å². The predicted octanol–water partition coefficient (Wildman–Crippen LogP) is 3.98. The van der Waals surface area contributed by atoms with Gasteiger partial charge < -0.3 is 5.73 Å². The minimum atomic E-state index is -3.86. The molecule has 0 bridgehead atoms. The lowest BCUT2D eigenvalue weighted by atomic mass is 10.3. The van der Waals surface area contributed by atoms with Gasteiger partial charge >= 0.3 is 0 Å². The molecule has 0 heterocycles. The molecule has 8 heteroatoms. The fraction of sp³-hybridized carbons (Fsp3) is 0. The Labute approximate surface area is 140 Å². The van der Waals surface area contributed by atoms with E-state index in [1.54, 1.807) is 24.3 Å². The first-order chi connectivity index (χ1) is 9.31. The molecular weight excluding hydrogens is 434 g/mol. The predicted molar refractivity (Wildman–Crippen MR) is 90.8 cm³/mol. The first-order valence-corrected chi connectivity index (χ1v) is 8.65. The maximum absolute atomic E-state index is 12.4. The monoisotopic (exact) mass is 442 g/mol. The Morgan fingerprint density at radius 2 is 1.85 bits per heavy atom. The molecule has 0 aliphatic heterocycles. The van der Waals surface area contributed by atoms with Gasteiger partial charge in [0, 0.05) is 8.59 Å². The van der Waals surface area contributed by atoms with Crippen LogP contribution in [0.25, 0.3) is 0 Å². The third kappa shape index (κ3) is 3.30. The minimum Gasteiger partial charge on any atom is -0.398 e. The average molecular weight is 443 g/mol. The highest BCUT2D eigenvalue weighted by molar-refractivity contribution is 14.1. The van der Waals surface area contributed by atoms with Crippen molar-refractivity contribution in [3.8, 4) is 0 Å². The van der Waals surface area contributed by atoms with Crippen LogP contribution in [0.1, 0.15) is 0 Å². The molecule has 4 nitrogen and oxygen atoms in total. The van der Waals surface area contributed by atoms with Gasteiger partial charge in [0.2, 0.25) is 0 Å². The Balaban J connectivity index is 2.46. The highest BCUT2D eigenvalue weighted by Gasteiger charge is 2.22. The zero-order chi connectivity index (χ0) is 14.9. The summed E-state index contributed by atoms with van der Waals surface area (Å²) in [4.78, 5) is -0.132. The molecular formula is C12H9Cl2IN2O2S. The normalized spacial score (nSPS) is 11.3. The number of sulfonamides is 1. The maximum atomic E-state index is 12.4. The Kier molecular flexibility index (Phi) is 4.68. The van der Waals surface area contributed by atoms with E-state index < -0.39 is 10.0 Å². The van der Waals surface area contributed by atoms with Crippen molar-refractivity contribution in [2.45, 2.75) is 4.90 Å². The van der Waals surface area contributed by atoms with Gasteiger partial charge in [0.1, 0.15) is 4.90 Å². The Morgan fingerprint density at radius 3 is 2.45 bits per heavy atom. The standard InChI is InChI=1S/C12H9Cl2IN2O2S/c13-7-4-5-11(9(15)6-7)17-20(18,19)12-8(14)2-1-3-10(12)16/h1-6,17H,16H2. The van der Waals surface area contributed by atoms with Gasteiger partial charge in [-0.3, -0.25) is 4.72 Å². The molecule has 2 aromatic carbocycles. The summed E-state index contributed by atoms with van der Waals surface area (Å²) < 4.78 is 27.9. The van der Waals surface area contributed by atoms with Crippen LogP contribution in [-0.4, -0.2) is 8.42 Å². The molecule has 0 aliphatic rings. The van der Waals surface area contributed by atoms with E-state index in [4.69, 9.17) is 28.9 Å². The van der Waals surface area contributed by atoms with Crippen molar-refractivity contribution in [2.24, 2.45) is 0 Å². The van der Waals surface area contributed by atoms with Crippen molar-refractivity contribution in [1.29, 1.82) is 0 Å². The zero-order valence-corrected chi connectivity index (χ0v) is 14.4. The van der Waals surface area contributed by atoms with Crippen molar-refractivity contribution in [2.75, 3.05) is 10.5 Å². The number of nitrogens with one attached hydrogen (secondary N) is 1. The molecule has 3 N–H and O–H groups in total. The average Bonchev–Trinajstić information content (AvgIpc) is 2.32. The van der Waals surface area contributed by atoms with Crippen LogP contribution in [0.5, 0.6) is 0 Å². The van der Waals surface area contributed by atoms with E-state index in [0.717, 1.165) is 0 Å². The molecule has 106 valence electrons. The summed E-state index contributed by atoms with van der Waals surface area (Å²) in [5, 5.41) is 0.594. The molecule has 0 amide bonds. The van der Waals surface area contributed by atoms with Gasteiger partial charge in [-0.2, -0.15) is 0 Å². The van der Waals surface area contributed by atoms with Crippen LogP contribution in [0.2, 0.25) is 10.0 Å². The first kappa shape index (κ1) is 15.7. The molecule has 0 fully saturated rings. The van der Waals surface area contributed by atoms with Gasteiger partial charge in [-0.05, 0) is 52.9 Å². The summed E-state index contributed by atoms with van der Waals surface area (Å²) in [6.45, 7) is 0. The van der Waals surface area contributed by atoms with E-state index in [1.165, 1.54) is 12.1 Å². The van der Waals surface area contributed by atoms with E-state index in [0.29, 0.717) is 14.3 Å². The fourth-order valence-corrected chi connectivity index (χ4v) is 4.53. The summed E-state index contributed by atoms with van der Waals surface area (Å²) >= 11 is 13.7. The van der Waals surface area contributed by atoms with Crippen molar-refractivity contribution in [3.63, 3.8) is 0 Å². The second kappa shape index (κ2) is 5.97. The smallest absolute Gasteiger partial charge is 0.265 e. The maximum Gasteiger partial charge on any atom is 0.265 e. The van der Waals surface area contributed by atoms with Gasteiger partial charge in [0.05, 0.1) is 16.4 Å². The van der Waals surface area contributed by atoms with Crippen LogP contribution in [0, 0.1) is 3.57 Å². The van der Waals surface area contributed by atoms with Gasteiger partial charge in [0.25, 0.3) is 10.0 Å². The van der Waals surface area contributed by atoms with Crippen molar-refractivity contribution in [3.05, 3.63) is 50.0 Å². The quantitative estimate of drug-likeness (QED) is 0.557. The van der Waals surface area contributed by atoms with Crippen molar-refractivity contribution in [1.82, 2.24) is 0 Å². The van der Waals surface area contributed by atoms with Gasteiger partial charge in [0.15, 0.2) is 0 Å². The number of hydrogen-bond acceptors (Lipinski definition) is 3. The fourth-order valence-electron chi connectivity index (χ4n) is 1.58. The summed E-state index contributed by atoms with van der Waals surface area (Å²) in [5.41, 5.74) is 6.20. The topological polar surface area (TPSA) is 72.2 Å². The van der Waals surface area contributed by atoms with Crippen LogP contribution in [0.15, 0.2) is 41.3 Å². The lowest BCUT2D eigenvalue weighted by Gasteiger charge is -2.12. The number of rotatable bonds is 3. The lowest BCUT2D eigenvalue weighted by Crippen LogP contribution is -2.16. The summed E-state index contributed by atoms with van der Waals surface area (Å²) in [6, 6.07) is 9.36. The molecule has 0 radical (unpaired) electrons. The summed E-state index contributed by atoms with van der Waals surface area (Å²) in [6.07, 6.45) is 0. The molecule has 2 aromatic rings. The Morgan fingerprint density at radius 1 is 1.15 bits per heavy atom. The van der Waals surface area contributed by atoms with E-state index in [2.05, 4.69) is 4.72 Å². The first-order valence-electron chi connectivity index (χ1n) is 5.33. The number of benzene rings is 2. The van der Waals surface area contributed by atoms with E-state index >= 15 is 0 Å². The molecule has 2 rings (SSSR count). The number of hydrogen-bond donors (Lipinski definition) is 2. The van der Waals surface area contributed by atoms with Crippen LogP contribution in [0.4, 0.5) is 11.4 Å². The van der Waals surface area contributed by atoms with Crippen LogP contribution < -0.4 is 10.5 Å². The SMILES string of the molecule is Nc1cccc(Cl)c1S(=O)(=O)Nc1ccc(Cl)cc1I. The molecule has 0 saturated heterocycles. The zero-order valence-electron chi connectivity index (χ0n) is 9.90. The van der Waals surface area contributed by atoms with E-state index in [-0.39, 0.29) is 15.6 Å². The second-order valence-electron chi connectivity index (χ2n) is 3.89. The third-order valence-corrected chi connectivity index (χ3v) is 5.48. The molecule has 0 aliphatic carbocycles. The molecule has 0 saturated carbocycles. The van der Waals surface area contributed by atoms with E-state index in [9.17, 15) is 8.42 Å². The van der Waals surface area contributed by atoms with E-state index in [1.807, 2.05) is 22.6 Å². The van der Waals surface area contributed by atoms with Gasteiger partial charge in [-0.25, -0.2) is 8.42 Å². The molecule has 20 heavy (non-hydrogen) atoms. The van der Waals surface area contributed by atoms with Crippen LogP contribution >= 0.6 is 45.8 Å². The number of halogens is 3. The van der Waals surface area contributed by atoms with Crippen molar-refractivity contribution < 1.29 is 8.42 Å². The molecule has 0 spiro atoms.